The molecule has 0 fully saturated rings. The molecule has 2 N–H and O–H groups in total. The number of Topliss-reactive ketones (excluding diaryl/α,β-unsaturated/α-hetero) is 1. The average molecular weight is 178 g/mol. The van der Waals surface area contributed by atoms with E-state index in [1.807, 2.05) is 0 Å². The predicted molar refractivity (Wildman–Crippen MR) is 49.1 cm³/mol. The summed E-state index contributed by atoms with van der Waals surface area (Å²) in [5.74, 6) is -0.705. The molecule has 0 spiro atoms. The molecule has 0 aliphatic carbocycles. The molecule has 68 valence electrons. The second-order valence-corrected chi connectivity index (χ2v) is 2.57. The fraction of sp³-hybridized carbons (Fsp3) is 0.100. The number of carbonyl (C=O) groups is 1. The standard InChI is InChI=1S/C10H10O3/c1-2-7-4-3-5-8(6-7)9(11)10(12)13/h2-6,10,12-13H,1H2. The Morgan fingerprint density at radius 1 is 1.46 bits per heavy atom. The van der Waals surface area contributed by atoms with Crippen molar-refractivity contribution < 1.29 is 15.0 Å². The van der Waals surface area contributed by atoms with Gasteiger partial charge < -0.3 is 10.2 Å². The summed E-state index contributed by atoms with van der Waals surface area (Å²) in [6, 6.07) is 6.50. The molecule has 0 atom stereocenters. The van der Waals surface area contributed by atoms with Crippen molar-refractivity contribution in [2.24, 2.45) is 0 Å². The van der Waals surface area contributed by atoms with E-state index in [2.05, 4.69) is 6.58 Å². The van der Waals surface area contributed by atoms with Gasteiger partial charge in [0.15, 0.2) is 0 Å². The Morgan fingerprint density at radius 3 is 2.69 bits per heavy atom. The van der Waals surface area contributed by atoms with Gasteiger partial charge in [-0.25, -0.2) is 0 Å². The molecule has 0 saturated heterocycles. The van der Waals surface area contributed by atoms with Crippen LogP contribution in [0.4, 0.5) is 0 Å². The van der Waals surface area contributed by atoms with Crippen LogP contribution in [0.2, 0.25) is 0 Å². The molecule has 0 heterocycles. The van der Waals surface area contributed by atoms with E-state index in [4.69, 9.17) is 10.2 Å². The molecular weight excluding hydrogens is 168 g/mol. The lowest BCUT2D eigenvalue weighted by atomic mass is 10.1. The zero-order valence-corrected chi connectivity index (χ0v) is 6.97. The minimum Gasteiger partial charge on any atom is -0.362 e. The van der Waals surface area contributed by atoms with E-state index in [0.29, 0.717) is 0 Å². The second kappa shape index (κ2) is 3.98. The maximum atomic E-state index is 11.1. The minimum absolute atomic E-state index is 0.271. The van der Waals surface area contributed by atoms with Gasteiger partial charge in [0.1, 0.15) is 0 Å². The van der Waals surface area contributed by atoms with Crippen molar-refractivity contribution in [2.45, 2.75) is 6.29 Å². The molecule has 1 aromatic rings. The molecule has 3 heteroatoms. The summed E-state index contributed by atoms with van der Waals surface area (Å²) in [6.45, 7) is 3.54. The largest absolute Gasteiger partial charge is 0.362 e. The fourth-order valence-corrected chi connectivity index (χ4v) is 0.968. The van der Waals surface area contributed by atoms with Gasteiger partial charge in [-0.2, -0.15) is 0 Å². The molecule has 0 radical (unpaired) electrons. The first kappa shape index (κ1) is 9.64. The highest BCUT2D eigenvalue weighted by molar-refractivity contribution is 5.98. The van der Waals surface area contributed by atoms with Crippen molar-refractivity contribution in [3.63, 3.8) is 0 Å². The molecule has 13 heavy (non-hydrogen) atoms. The third-order valence-corrected chi connectivity index (χ3v) is 1.64. The lowest BCUT2D eigenvalue weighted by molar-refractivity contribution is -0.0195. The molecule has 0 aliphatic rings. The monoisotopic (exact) mass is 178 g/mol. The molecule has 1 rings (SSSR count). The smallest absolute Gasteiger partial charge is 0.218 e. The van der Waals surface area contributed by atoms with Crippen LogP contribution in [0.5, 0.6) is 0 Å². The van der Waals surface area contributed by atoms with Crippen molar-refractivity contribution in [2.75, 3.05) is 0 Å². The van der Waals surface area contributed by atoms with Crippen LogP contribution in [-0.4, -0.2) is 22.3 Å². The predicted octanol–water partition coefficient (Wildman–Crippen LogP) is 0.823. The number of hydrogen-bond donors (Lipinski definition) is 2. The summed E-state index contributed by atoms with van der Waals surface area (Å²) in [7, 11) is 0. The zero-order valence-electron chi connectivity index (χ0n) is 6.97. The SMILES string of the molecule is C=Cc1cccc(C(=O)C(O)O)c1. The maximum Gasteiger partial charge on any atom is 0.218 e. The summed E-state index contributed by atoms with van der Waals surface area (Å²) >= 11 is 0. The van der Waals surface area contributed by atoms with Gasteiger partial charge in [-0.05, 0) is 11.6 Å². The van der Waals surface area contributed by atoms with E-state index in [1.165, 1.54) is 6.07 Å². The van der Waals surface area contributed by atoms with Crippen LogP contribution >= 0.6 is 0 Å². The lowest BCUT2D eigenvalue weighted by Crippen LogP contribution is -2.19. The Labute approximate surface area is 76.0 Å². The first-order valence-corrected chi connectivity index (χ1v) is 3.78. The van der Waals surface area contributed by atoms with Crippen LogP contribution in [0.3, 0.4) is 0 Å². The fourth-order valence-electron chi connectivity index (χ4n) is 0.968. The van der Waals surface area contributed by atoms with Crippen LogP contribution in [0.25, 0.3) is 6.08 Å². The highest BCUT2D eigenvalue weighted by atomic mass is 16.5. The van der Waals surface area contributed by atoms with Gasteiger partial charge >= 0.3 is 0 Å². The van der Waals surface area contributed by atoms with E-state index in [1.54, 1.807) is 24.3 Å². The van der Waals surface area contributed by atoms with Gasteiger partial charge in [-0.1, -0.05) is 30.9 Å². The Morgan fingerprint density at radius 2 is 2.15 bits per heavy atom. The molecule has 0 aromatic heterocycles. The third kappa shape index (κ3) is 2.24. The van der Waals surface area contributed by atoms with Gasteiger partial charge in [0.25, 0.3) is 0 Å². The number of aliphatic hydroxyl groups excluding tert-OH is 1. The average Bonchev–Trinajstić information content (AvgIpc) is 2.16. The van der Waals surface area contributed by atoms with Crippen LogP contribution in [0.15, 0.2) is 30.8 Å². The number of rotatable bonds is 3. The number of ketones is 1. The number of benzene rings is 1. The first-order chi connectivity index (χ1) is 6.15. The van der Waals surface area contributed by atoms with Crippen LogP contribution in [-0.2, 0) is 0 Å². The Balaban J connectivity index is 3.01. The number of carbonyl (C=O) groups excluding carboxylic acids is 1. The Kier molecular flexibility index (Phi) is 2.95. The van der Waals surface area contributed by atoms with Crippen LogP contribution in [0, 0.1) is 0 Å². The van der Waals surface area contributed by atoms with Gasteiger partial charge in [-0.15, -0.1) is 0 Å². The van der Waals surface area contributed by atoms with Crippen LogP contribution in [0.1, 0.15) is 15.9 Å². The topological polar surface area (TPSA) is 57.5 Å². The summed E-state index contributed by atoms with van der Waals surface area (Å²) in [5, 5.41) is 17.2. The Hall–Kier alpha value is -1.45. The van der Waals surface area contributed by atoms with Gasteiger partial charge in [0.05, 0.1) is 0 Å². The highest BCUT2D eigenvalue weighted by Gasteiger charge is 2.13. The summed E-state index contributed by atoms with van der Waals surface area (Å²) in [4.78, 5) is 11.1. The molecule has 0 amide bonds. The maximum absolute atomic E-state index is 11.1. The summed E-state index contributed by atoms with van der Waals surface area (Å²) < 4.78 is 0. The molecule has 0 saturated carbocycles. The van der Waals surface area contributed by atoms with Crippen molar-refractivity contribution in [1.29, 1.82) is 0 Å². The van der Waals surface area contributed by atoms with E-state index >= 15 is 0 Å². The summed E-state index contributed by atoms with van der Waals surface area (Å²) in [5.41, 5.74) is 1.04. The molecular formula is C10H10O3. The third-order valence-electron chi connectivity index (χ3n) is 1.64. The van der Waals surface area contributed by atoms with Crippen molar-refractivity contribution >= 4 is 11.9 Å². The molecule has 0 aliphatic heterocycles. The van der Waals surface area contributed by atoms with E-state index in [-0.39, 0.29) is 5.56 Å². The quantitative estimate of drug-likeness (QED) is 0.532. The molecule has 0 bridgehead atoms. The van der Waals surface area contributed by atoms with Crippen molar-refractivity contribution in [3.05, 3.63) is 42.0 Å². The normalized spacial score (nSPS) is 10.1. The zero-order chi connectivity index (χ0) is 9.84. The van der Waals surface area contributed by atoms with Gasteiger partial charge in [0, 0.05) is 5.56 Å². The van der Waals surface area contributed by atoms with Gasteiger partial charge in [0.2, 0.25) is 12.1 Å². The number of hydrogen-bond acceptors (Lipinski definition) is 3. The molecule has 0 unspecified atom stereocenters. The van der Waals surface area contributed by atoms with Crippen molar-refractivity contribution in [3.8, 4) is 0 Å². The highest BCUT2D eigenvalue weighted by Crippen LogP contribution is 2.08. The van der Waals surface area contributed by atoms with Crippen LogP contribution < -0.4 is 0 Å². The molecule has 3 nitrogen and oxygen atoms in total. The summed E-state index contributed by atoms with van der Waals surface area (Å²) in [6.07, 6.45) is -0.361. The Bertz CT molecular complexity index is 329. The van der Waals surface area contributed by atoms with E-state index in [0.717, 1.165) is 5.56 Å². The minimum atomic E-state index is -1.94. The van der Waals surface area contributed by atoms with Gasteiger partial charge in [-0.3, -0.25) is 4.79 Å². The first-order valence-electron chi connectivity index (χ1n) is 3.78. The second-order valence-electron chi connectivity index (χ2n) is 2.57. The van der Waals surface area contributed by atoms with E-state index in [9.17, 15) is 4.79 Å². The number of aliphatic hydroxyl groups is 2. The van der Waals surface area contributed by atoms with E-state index < -0.39 is 12.1 Å². The van der Waals surface area contributed by atoms with Crippen molar-refractivity contribution in [1.82, 2.24) is 0 Å². The molecule has 1 aromatic carbocycles. The lowest BCUT2D eigenvalue weighted by Gasteiger charge is -2.02.